The Kier molecular flexibility index (Phi) is 3.87. The van der Waals surface area contributed by atoms with Crippen LogP contribution in [0.25, 0.3) is 0 Å². The fourth-order valence-electron chi connectivity index (χ4n) is 1.81. The van der Waals surface area contributed by atoms with Crippen LogP contribution in [-0.2, 0) is 13.2 Å². The summed E-state index contributed by atoms with van der Waals surface area (Å²) in [6, 6.07) is 7.18. The number of aromatic nitrogens is 2. The number of hydrogen-bond donors (Lipinski definition) is 1. The van der Waals surface area contributed by atoms with Crippen LogP contribution in [0.15, 0.2) is 36.7 Å². The molecule has 4 nitrogen and oxygen atoms in total. The second kappa shape index (κ2) is 5.96. The summed E-state index contributed by atoms with van der Waals surface area (Å²) >= 11 is 0. The van der Waals surface area contributed by atoms with Gasteiger partial charge in [-0.2, -0.15) is 0 Å². The summed E-state index contributed by atoms with van der Waals surface area (Å²) in [5, 5.41) is 3.36. The Hall–Kier alpha value is -2.01. The highest BCUT2D eigenvalue weighted by Gasteiger charge is 2.20. The van der Waals surface area contributed by atoms with Crippen LogP contribution in [-0.4, -0.2) is 16.0 Å². The lowest BCUT2D eigenvalue weighted by Crippen LogP contribution is -2.16. The number of nitrogens with one attached hydrogen (secondary N) is 1. The number of ether oxygens (including phenoxy) is 1. The average Bonchev–Trinajstić information content (AvgIpc) is 3.30. The molecule has 0 atom stereocenters. The normalized spacial score (nSPS) is 14.2. The molecular formula is C15H16FN3O. The zero-order valence-corrected chi connectivity index (χ0v) is 11.1. The van der Waals surface area contributed by atoms with Crippen molar-refractivity contribution in [3.05, 3.63) is 53.7 Å². The lowest BCUT2D eigenvalue weighted by Gasteiger charge is -2.07. The van der Waals surface area contributed by atoms with Gasteiger partial charge in [0.15, 0.2) is 0 Å². The van der Waals surface area contributed by atoms with Gasteiger partial charge in [-0.1, -0.05) is 18.2 Å². The van der Waals surface area contributed by atoms with Gasteiger partial charge in [0.25, 0.3) is 0 Å². The topological polar surface area (TPSA) is 47.0 Å². The predicted octanol–water partition coefficient (Wildman–Crippen LogP) is 2.45. The first-order valence-corrected chi connectivity index (χ1v) is 6.72. The number of nitrogens with zero attached hydrogens (tertiary/aromatic N) is 2. The molecule has 0 saturated heterocycles. The van der Waals surface area contributed by atoms with Crippen molar-refractivity contribution in [3.63, 3.8) is 0 Å². The summed E-state index contributed by atoms with van der Waals surface area (Å²) in [5.74, 6) is 0.133. The summed E-state index contributed by atoms with van der Waals surface area (Å²) in [6.07, 6.45) is 5.76. The maximum atomic E-state index is 13.4. The second-order valence-electron chi connectivity index (χ2n) is 4.88. The molecule has 0 unspecified atom stereocenters. The van der Waals surface area contributed by atoms with Crippen LogP contribution in [0.5, 0.6) is 5.88 Å². The third-order valence-electron chi connectivity index (χ3n) is 3.16. The minimum atomic E-state index is -0.272. The largest absolute Gasteiger partial charge is 0.472 e. The van der Waals surface area contributed by atoms with Crippen molar-refractivity contribution >= 4 is 0 Å². The molecule has 1 aromatic heterocycles. The molecular weight excluding hydrogens is 257 g/mol. The SMILES string of the molecule is Fc1ccccc1COc1cnc(CNC2CC2)cn1. The zero-order valence-electron chi connectivity index (χ0n) is 11.1. The lowest BCUT2D eigenvalue weighted by atomic mass is 10.2. The van der Waals surface area contributed by atoms with E-state index < -0.39 is 0 Å². The van der Waals surface area contributed by atoms with Gasteiger partial charge in [0.1, 0.15) is 12.4 Å². The van der Waals surface area contributed by atoms with Crippen molar-refractivity contribution < 1.29 is 9.13 Å². The van der Waals surface area contributed by atoms with Crippen molar-refractivity contribution in [3.8, 4) is 5.88 Å². The number of benzene rings is 1. The van der Waals surface area contributed by atoms with Gasteiger partial charge < -0.3 is 10.1 Å². The Morgan fingerprint density at radius 3 is 2.75 bits per heavy atom. The van der Waals surface area contributed by atoms with Gasteiger partial charge in [0, 0.05) is 18.2 Å². The van der Waals surface area contributed by atoms with Crippen LogP contribution >= 0.6 is 0 Å². The highest BCUT2D eigenvalue weighted by atomic mass is 19.1. The monoisotopic (exact) mass is 273 g/mol. The van der Waals surface area contributed by atoms with Crippen LogP contribution in [0.2, 0.25) is 0 Å². The number of halogens is 1. The summed E-state index contributed by atoms with van der Waals surface area (Å²) in [6.45, 7) is 0.881. The van der Waals surface area contributed by atoms with E-state index in [1.165, 1.54) is 18.9 Å². The van der Waals surface area contributed by atoms with E-state index >= 15 is 0 Å². The molecule has 1 saturated carbocycles. The smallest absolute Gasteiger partial charge is 0.232 e. The molecule has 1 aromatic carbocycles. The van der Waals surface area contributed by atoms with Gasteiger partial charge >= 0.3 is 0 Å². The van der Waals surface area contributed by atoms with Gasteiger partial charge in [-0.3, -0.25) is 4.98 Å². The van der Waals surface area contributed by atoms with Crippen LogP contribution in [0.3, 0.4) is 0 Å². The molecule has 1 heterocycles. The molecule has 5 heteroatoms. The van der Waals surface area contributed by atoms with E-state index in [4.69, 9.17) is 4.74 Å². The Morgan fingerprint density at radius 2 is 2.05 bits per heavy atom. The summed E-state index contributed by atoms with van der Waals surface area (Å²) in [4.78, 5) is 8.44. The third kappa shape index (κ3) is 3.51. The Balaban J connectivity index is 1.53. The number of rotatable bonds is 6. The molecule has 2 aromatic rings. The van der Waals surface area contributed by atoms with Crippen molar-refractivity contribution in [2.75, 3.05) is 0 Å². The van der Waals surface area contributed by atoms with E-state index in [0.717, 1.165) is 12.2 Å². The van der Waals surface area contributed by atoms with Gasteiger partial charge in [-0.25, -0.2) is 9.37 Å². The molecule has 0 radical (unpaired) electrons. The van der Waals surface area contributed by atoms with Crippen LogP contribution in [0.1, 0.15) is 24.1 Å². The molecule has 1 aliphatic rings. The molecule has 20 heavy (non-hydrogen) atoms. The van der Waals surface area contributed by atoms with Crippen LogP contribution < -0.4 is 10.1 Å². The maximum absolute atomic E-state index is 13.4. The van der Waals surface area contributed by atoms with Crippen molar-refractivity contribution in [1.29, 1.82) is 0 Å². The molecule has 1 N–H and O–H groups in total. The molecule has 3 rings (SSSR count). The van der Waals surface area contributed by atoms with Crippen molar-refractivity contribution in [2.45, 2.75) is 32.0 Å². The summed E-state index contributed by atoms with van der Waals surface area (Å²) in [5.41, 5.74) is 1.39. The first-order valence-electron chi connectivity index (χ1n) is 6.72. The Labute approximate surface area is 117 Å². The van der Waals surface area contributed by atoms with Crippen molar-refractivity contribution in [2.24, 2.45) is 0 Å². The van der Waals surface area contributed by atoms with E-state index in [1.54, 1.807) is 30.6 Å². The minimum Gasteiger partial charge on any atom is -0.472 e. The quantitative estimate of drug-likeness (QED) is 0.878. The highest BCUT2D eigenvalue weighted by molar-refractivity contribution is 5.17. The molecule has 0 bridgehead atoms. The standard InChI is InChI=1S/C15H16FN3O/c16-14-4-2-1-3-11(14)10-20-15-9-18-13(8-19-15)7-17-12-5-6-12/h1-4,8-9,12,17H,5-7,10H2. The van der Waals surface area contributed by atoms with Crippen LogP contribution in [0.4, 0.5) is 4.39 Å². The molecule has 0 aliphatic heterocycles. The van der Waals surface area contributed by atoms with E-state index in [1.807, 2.05) is 0 Å². The van der Waals surface area contributed by atoms with E-state index in [-0.39, 0.29) is 12.4 Å². The van der Waals surface area contributed by atoms with E-state index in [2.05, 4.69) is 15.3 Å². The van der Waals surface area contributed by atoms with E-state index in [9.17, 15) is 4.39 Å². The Morgan fingerprint density at radius 1 is 1.20 bits per heavy atom. The molecule has 1 aliphatic carbocycles. The first-order chi connectivity index (χ1) is 9.81. The van der Waals surface area contributed by atoms with Crippen LogP contribution in [0, 0.1) is 5.82 Å². The average molecular weight is 273 g/mol. The fourth-order valence-corrected chi connectivity index (χ4v) is 1.81. The second-order valence-corrected chi connectivity index (χ2v) is 4.88. The predicted molar refractivity (Wildman–Crippen MR) is 72.6 cm³/mol. The van der Waals surface area contributed by atoms with Gasteiger partial charge in [-0.05, 0) is 18.9 Å². The molecule has 104 valence electrons. The highest BCUT2D eigenvalue weighted by Crippen LogP contribution is 2.19. The van der Waals surface area contributed by atoms with Gasteiger partial charge in [0.05, 0.1) is 18.1 Å². The van der Waals surface area contributed by atoms with Gasteiger partial charge in [0.2, 0.25) is 5.88 Å². The molecule has 0 amide bonds. The minimum absolute atomic E-state index is 0.154. The first kappa shape index (κ1) is 13.0. The molecule has 0 spiro atoms. The molecule has 1 fully saturated rings. The summed E-state index contributed by atoms with van der Waals surface area (Å²) in [7, 11) is 0. The van der Waals surface area contributed by atoms with E-state index in [0.29, 0.717) is 17.5 Å². The summed E-state index contributed by atoms with van der Waals surface area (Å²) < 4.78 is 18.8. The third-order valence-corrected chi connectivity index (χ3v) is 3.16. The lowest BCUT2D eigenvalue weighted by molar-refractivity contribution is 0.286. The maximum Gasteiger partial charge on any atom is 0.232 e. The zero-order chi connectivity index (χ0) is 13.8. The van der Waals surface area contributed by atoms with Gasteiger partial charge in [-0.15, -0.1) is 0 Å². The Bertz CT molecular complexity index is 570. The van der Waals surface area contributed by atoms with Crippen molar-refractivity contribution in [1.82, 2.24) is 15.3 Å². The fraction of sp³-hybridized carbons (Fsp3) is 0.333. The number of hydrogen-bond acceptors (Lipinski definition) is 4.